The van der Waals surface area contributed by atoms with Crippen LogP contribution >= 0.6 is 32.2 Å². The maximum absolute atomic E-state index is 10.1. The molecule has 0 spiro atoms. The Balaban J connectivity index is 3.65. The average Bonchev–Trinajstić information content (AvgIpc) is 1.30. The number of nitriles is 1. The van der Waals surface area contributed by atoms with Crippen LogP contribution in [0.2, 0.25) is 0 Å². The van der Waals surface area contributed by atoms with Crippen LogP contribution < -0.4 is 0 Å². The molecule has 0 aliphatic carbocycles. The summed E-state index contributed by atoms with van der Waals surface area (Å²) in [5.74, 6) is 0. The highest BCUT2D eigenvalue weighted by molar-refractivity contribution is 9.42. The normalized spacial score (nSPS) is 16.7. The van der Waals surface area contributed by atoms with Gasteiger partial charge in [0, 0.05) is 15.5 Å². The summed E-state index contributed by atoms with van der Waals surface area (Å²) in [6, 6.07) is 0. The SMILES string of the molecule is N#COP(=O)(Cl)Br. The first kappa shape index (κ1) is 7.29. The van der Waals surface area contributed by atoms with E-state index in [1.165, 1.54) is 6.26 Å². The number of rotatable bonds is 1. The van der Waals surface area contributed by atoms with Crippen molar-refractivity contribution in [1.82, 2.24) is 0 Å². The summed E-state index contributed by atoms with van der Waals surface area (Å²) in [5, 5.41) is 7.64. The van der Waals surface area contributed by atoms with Crippen molar-refractivity contribution >= 4 is 32.2 Å². The molecule has 0 saturated carbocycles. The first-order valence-electron chi connectivity index (χ1n) is 1.13. The number of hydrogen-bond donors (Lipinski definition) is 0. The molecule has 40 valence electrons. The van der Waals surface area contributed by atoms with Crippen molar-refractivity contribution in [2.45, 2.75) is 0 Å². The number of halogens is 2. The van der Waals surface area contributed by atoms with E-state index in [1.54, 1.807) is 0 Å². The first-order chi connectivity index (χ1) is 3.06. The van der Waals surface area contributed by atoms with E-state index in [1.807, 2.05) is 0 Å². The standard InChI is InChI=1S/CBrClNO2P/c2-7(3,5)6-1-4. The first-order valence-corrected chi connectivity index (χ1v) is 5.68. The molecule has 0 rings (SSSR count). The lowest BCUT2D eigenvalue weighted by Crippen LogP contribution is -1.59. The zero-order valence-corrected chi connectivity index (χ0v) is 6.20. The van der Waals surface area contributed by atoms with E-state index in [4.69, 9.17) is 16.5 Å². The van der Waals surface area contributed by atoms with Crippen LogP contribution in [0.4, 0.5) is 0 Å². The van der Waals surface area contributed by atoms with Crippen LogP contribution in [0.25, 0.3) is 0 Å². The predicted molar refractivity (Wildman–Crippen MR) is 29.1 cm³/mol. The molecule has 0 bridgehead atoms. The monoisotopic (exact) mass is 203 g/mol. The third-order valence-electron chi connectivity index (χ3n) is 0.147. The fourth-order valence-electron chi connectivity index (χ4n) is 0.0475. The van der Waals surface area contributed by atoms with E-state index in [9.17, 15) is 4.57 Å². The summed E-state index contributed by atoms with van der Waals surface area (Å²) in [7, 11) is 0. The van der Waals surface area contributed by atoms with E-state index < -0.39 is 5.42 Å². The maximum Gasteiger partial charge on any atom is 0.410 e. The Morgan fingerprint density at radius 1 is 2.00 bits per heavy atom. The van der Waals surface area contributed by atoms with Crippen molar-refractivity contribution in [3.8, 4) is 6.26 Å². The zero-order chi connectivity index (χ0) is 5.91. The molecule has 0 aromatic rings. The van der Waals surface area contributed by atoms with Crippen molar-refractivity contribution < 1.29 is 9.09 Å². The average molecular weight is 204 g/mol. The van der Waals surface area contributed by atoms with Gasteiger partial charge in [0.1, 0.15) is 0 Å². The maximum atomic E-state index is 10.1. The predicted octanol–water partition coefficient (Wildman–Crippen LogP) is 2.23. The Morgan fingerprint density at radius 3 is 2.43 bits per heavy atom. The second-order valence-corrected chi connectivity index (χ2v) is 6.97. The Kier molecular flexibility index (Phi) is 2.67. The summed E-state index contributed by atoms with van der Waals surface area (Å²) in [5.41, 5.74) is -3.24. The fraction of sp³-hybridized carbons (Fsp3) is 0. The van der Waals surface area contributed by atoms with Gasteiger partial charge in [-0.15, -0.1) is 5.26 Å². The van der Waals surface area contributed by atoms with Gasteiger partial charge in [0.25, 0.3) is 6.26 Å². The van der Waals surface area contributed by atoms with Gasteiger partial charge >= 0.3 is 5.42 Å². The molecule has 0 aliphatic rings. The third kappa shape index (κ3) is 6.29. The van der Waals surface area contributed by atoms with Gasteiger partial charge in [-0.1, -0.05) is 0 Å². The third-order valence-corrected chi connectivity index (χ3v) is 1.08. The molecular formula is CBrClNO2P. The summed E-state index contributed by atoms with van der Waals surface area (Å²) < 4.78 is 13.8. The number of nitrogens with zero attached hydrogens (tertiary/aromatic N) is 1. The quantitative estimate of drug-likeness (QED) is 0.486. The van der Waals surface area contributed by atoms with Gasteiger partial charge in [0.15, 0.2) is 0 Å². The molecule has 1 atom stereocenters. The lowest BCUT2D eigenvalue weighted by molar-refractivity contribution is 0.489. The lowest BCUT2D eigenvalue weighted by Gasteiger charge is -1.89. The summed E-state index contributed by atoms with van der Waals surface area (Å²) in [6.07, 6.45) is 1.17. The molecule has 0 N–H and O–H groups in total. The largest absolute Gasteiger partial charge is 0.410 e. The minimum Gasteiger partial charge on any atom is -0.350 e. The minimum absolute atomic E-state index is 1.17. The van der Waals surface area contributed by atoms with Crippen molar-refractivity contribution in [2.75, 3.05) is 0 Å². The molecule has 7 heavy (non-hydrogen) atoms. The van der Waals surface area contributed by atoms with Crippen LogP contribution in [0.3, 0.4) is 0 Å². The van der Waals surface area contributed by atoms with Crippen LogP contribution in [0.15, 0.2) is 0 Å². The molecule has 0 radical (unpaired) electrons. The van der Waals surface area contributed by atoms with Gasteiger partial charge in [0.2, 0.25) is 0 Å². The molecule has 1 unspecified atom stereocenters. The van der Waals surface area contributed by atoms with Gasteiger partial charge in [-0.25, -0.2) is 4.57 Å². The van der Waals surface area contributed by atoms with E-state index >= 15 is 0 Å². The zero-order valence-electron chi connectivity index (χ0n) is 2.97. The van der Waals surface area contributed by atoms with Crippen LogP contribution in [0.1, 0.15) is 0 Å². The molecular weight excluding hydrogens is 204 g/mol. The van der Waals surface area contributed by atoms with E-state index in [0.717, 1.165) is 0 Å². The highest BCUT2D eigenvalue weighted by atomic mass is 79.9. The van der Waals surface area contributed by atoms with Gasteiger partial charge in [-0.05, 0) is 11.2 Å². The Morgan fingerprint density at radius 2 is 2.43 bits per heavy atom. The molecule has 6 heteroatoms. The van der Waals surface area contributed by atoms with Crippen LogP contribution in [-0.2, 0) is 9.09 Å². The molecule has 0 saturated heterocycles. The Labute approximate surface area is 53.2 Å². The Bertz CT molecular complexity index is 135. The van der Waals surface area contributed by atoms with Gasteiger partial charge < -0.3 is 4.52 Å². The fourth-order valence-corrected chi connectivity index (χ4v) is 0.429. The van der Waals surface area contributed by atoms with Crippen LogP contribution in [0.5, 0.6) is 0 Å². The summed E-state index contributed by atoms with van der Waals surface area (Å²) in [6.45, 7) is 0. The summed E-state index contributed by atoms with van der Waals surface area (Å²) in [4.78, 5) is 0. The van der Waals surface area contributed by atoms with Crippen molar-refractivity contribution in [2.24, 2.45) is 0 Å². The van der Waals surface area contributed by atoms with Crippen molar-refractivity contribution in [3.63, 3.8) is 0 Å². The van der Waals surface area contributed by atoms with Gasteiger partial charge in [-0.2, -0.15) is 0 Å². The molecule has 3 nitrogen and oxygen atoms in total. The van der Waals surface area contributed by atoms with Crippen molar-refractivity contribution in [1.29, 1.82) is 5.26 Å². The second kappa shape index (κ2) is 2.56. The summed E-state index contributed by atoms with van der Waals surface area (Å²) >= 11 is 7.28. The van der Waals surface area contributed by atoms with Crippen LogP contribution in [0, 0.1) is 11.5 Å². The smallest absolute Gasteiger partial charge is 0.350 e. The Hall–Kier alpha value is 0.290. The lowest BCUT2D eigenvalue weighted by atomic mass is 11.6. The topological polar surface area (TPSA) is 50.1 Å². The van der Waals surface area contributed by atoms with Gasteiger partial charge in [-0.3, -0.25) is 0 Å². The second-order valence-electron chi connectivity index (χ2n) is 0.597. The number of hydrogen-bond acceptors (Lipinski definition) is 3. The van der Waals surface area contributed by atoms with Gasteiger partial charge in [0.05, 0.1) is 0 Å². The molecule has 0 heterocycles. The van der Waals surface area contributed by atoms with E-state index in [0.29, 0.717) is 0 Å². The molecule has 0 amide bonds. The molecule has 0 fully saturated rings. The van der Waals surface area contributed by atoms with Crippen molar-refractivity contribution in [3.05, 3.63) is 0 Å². The molecule has 0 aromatic heterocycles. The van der Waals surface area contributed by atoms with E-state index in [2.05, 4.69) is 20.0 Å². The highest BCUT2D eigenvalue weighted by Crippen LogP contribution is 2.59. The van der Waals surface area contributed by atoms with Crippen LogP contribution in [-0.4, -0.2) is 0 Å². The minimum atomic E-state index is -3.24. The molecule has 0 aromatic carbocycles. The highest BCUT2D eigenvalue weighted by Gasteiger charge is 2.12. The van der Waals surface area contributed by atoms with E-state index in [-0.39, 0.29) is 0 Å². The molecule has 0 aliphatic heterocycles.